The molecule has 23 heavy (non-hydrogen) atoms. The van der Waals surface area contributed by atoms with Crippen LogP contribution in [0.3, 0.4) is 0 Å². The van der Waals surface area contributed by atoms with E-state index in [4.69, 9.17) is 0 Å². The normalized spacial score (nSPS) is 15.7. The summed E-state index contributed by atoms with van der Waals surface area (Å²) in [6.45, 7) is 0.977. The fourth-order valence-electron chi connectivity index (χ4n) is 2.71. The van der Waals surface area contributed by atoms with E-state index in [1.807, 2.05) is 7.05 Å². The third-order valence-corrected chi connectivity index (χ3v) is 5.52. The standard InChI is InChI=1S/C16H18FN3O2S/c1-18-11-6-12-19-15-10-5-9-14(17)16(15)20(23(19,21)22)13-7-3-2-4-8-13/h2-5,7-10,18H,6,11-12H2,1H3. The zero-order chi connectivity index (χ0) is 16.4. The molecule has 0 unspecified atom stereocenters. The lowest BCUT2D eigenvalue weighted by atomic mass is 10.2. The van der Waals surface area contributed by atoms with Gasteiger partial charge in [-0.3, -0.25) is 4.31 Å². The summed E-state index contributed by atoms with van der Waals surface area (Å²) >= 11 is 0. The van der Waals surface area contributed by atoms with E-state index in [2.05, 4.69) is 5.32 Å². The molecular weight excluding hydrogens is 317 g/mol. The second kappa shape index (κ2) is 6.17. The number of nitrogens with one attached hydrogen (secondary N) is 1. The molecule has 0 fully saturated rings. The first-order valence-corrected chi connectivity index (χ1v) is 8.78. The van der Waals surface area contributed by atoms with Crippen LogP contribution in [0, 0.1) is 5.82 Å². The van der Waals surface area contributed by atoms with Gasteiger partial charge >= 0.3 is 10.2 Å². The van der Waals surface area contributed by atoms with Crippen LogP contribution in [0.5, 0.6) is 0 Å². The van der Waals surface area contributed by atoms with Crippen LogP contribution in [-0.2, 0) is 10.2 Å². The molecule has 0 amide bonds. The predicted octanol–water partition coefficient (Wildman–Crippen LogP) is 2.64. The summed E-state index contributed by atoms with van der Waals surface area (Å²) < 4.78 is 42.7. The Kier molecular flexibility index (Phi) is 4.23. The average molecular weight is 335 g/mol. The van der Waals surface area contributed by atoms with E-state index in [9.17, 15) is 12.8 Å². The summed E-state index contributed by atoms with van der Waals surface area (Å²) in [5.74, 6) is -0.550. The van der Waals surface area contributed by atoms with Gasteiger partial charge in [0, 0.05) is 6.54 Å². The molecule has 0 bridgehead atoms. The van der Waals surface area contributed by atoms with Gasteiger partial charge in [0.25, 0.3) is 0 Å². The second-order valence-electron chi connectivity index (χ2n) is 5.24. The molecule has 0 aliphatic carbocycles. The fraction of sp³-hybridized carbons (Fsp3) is 0.250. The molecule has 1 N–H and O–H groups in total. The second-order valence-corrected chi connectivity index (χ2v) is 6.95. The van der Waals surface area contributed by atoms with Gasteiger partial charge in [0.1, 0.15) is 11.5 Å². The first-order chi connectivity index (χ1) is 11.1. The molecule has 0 saturated heterocycles. The summed E-state index contributed by atoms with van der Waals surface area (Å²) in [5.41, 5.74) is 0.892. The highest BCUT2D eigenvalue weighted by Gasteiger charge is 2.42. The molecule has 7 heteroatoms. The Morgan fingerprint density at radius 1 is 1.09 bits per heavy atom. The summed E-state index contributed by atoms with van der Waals surface area (Å²) in [4.78, 5) is 0. The van der Waals surface area contributed by atoms with Gasteiger partial charge in [-0.25, -0.2) is 8.70 Å². The van der Waals surface area contributed by atoms with Crippen molar-refractivity contribution in [1.82, 2.24) is 5.32 Å². The maximum Gasteiger partial charge on any atom is 0.331 e. The van der Waals surface area contributed by atoms with Crippen molar-refractivity contribution >= 4 is 27.3 Å². The van der Waals surface area contributed by atoms with Crippen molar-refractivity contribution in [3.05, 3.63) is 54.3 Å². The van der Waals surface area contributed by atoms with Gasteiger partial charge in [0.15, 0.2) is 0 Å². The van der Waals surface area contributed by atoms with Crippen molar-refractivity contribution in [2.75, 3.05) is 28.7 Å². The Balaban J connectivity index is 2.11. The molecule has 1 heterocycles. The van der Waals surface area contributed by atoms with Gasteiger partial charge < -0.3 is 5.32 Å². The third-order valence-electron chi connectivity index (χ3n) is 3.73. The van der Waals surface area contributed by atoms with Gasteiger partial charge in [-0.15, -0.1) is 0 Å². The van der Waals surface area contributed by atoms with Crippen molar-refractivity contribution in [3.8, 4) is 0 Å². The van der Waals surface area contributed by atoms with Gasteiger partial charge in [-0.2, -0.15) is 8.42 Å². The zero-order valence-electron chi connectivity index (χ0n) is 12.7. The molecule has 1 aliphatic heterocycles. The number of anilines is 3. The van der Waals surface area contributed by atoms with Crippen molar-refractivity contribution in [2.45, 2.75) is 6.42 Å². The number of hydrogen-bond acceptors (Lipinski definition) is 3. The maximum atomic E-state index is 14.4. The van der Waals surface area contributed by atoms with Gasteiger partial charge in [-0.1, -0.05) is 24.3 Å². The third kappa shape index (κ3) is 2.66. The molecule has 0 radical (unpaired) electrons. The first-order valence-electron chi connectivity index (χ1n) is 7.38. The van der Waals surface area contributed by atoms with Crippen LogP contribution in [0.25, 0.3) is 0 Å². The highest BCUT2D eigenvalue weighted by atomic mass is 32.2. The molecule has 1 aliphatic rings. The number of hydrogen-bond donors (Lipinski definition) is 1. The Hall–Kier alpha value is -2.12. The molecule has 2 aromatic carbocycles. The molecule has 0 saturated carbocycles. The monoisotopic (exact) mass is 335 g/mol. The number of fused-ring (bicyclic) bond motifs is 1. The highest BCUT2D eigenvalue weighted by Crippen LogP contribution is 2.46. The zero-order valence-corrected chi connectivity index (χ0v) is 13.6. The van der Waals surface area contributed by atoms with Crippen LogP contribution in [-0.4, -0.2) is 28.6 Å². The summed E-state index contributed by atoms with van der Waals surface area (Å²) in [5, 5.41) is 2.99. The van der Waals surface area contributed by atoms with Crippen LogP contribution in [0.4, 0.5) is 21.5 Å². The minimum atomic E-state index is -3.84. The number of benzene rings is 2. The van der Waals surface area contributed by atoms with E-state index in [1.54, 1.807) is 36.4 Å². The molecule has 0 spiro atoms. The van der Waals surface area contributed by atoms with E-state index in [-0.39, 0.29) is 5.69 Å². The van der Waals surface area contributed by atoms with Gasteiger partial charge in [0.2, 0.25) is 0 Å². The van der Waals surface area contributed by atoms with Crippen LogP contribution in [0.1, 0.15) is 6.42 Å². The molecule has 2 aromatic rings. The Bertz CT molecular complexity index is 796. The SMILES string of the molecule is CNCCCN1c2cccc(F)c2N(c2ccccc2)S1(=O)=O. The topological polar surface area (TPSA) is 52.6 Å². The Morgan fingerprint density at radius 3 is 2.52 bits per heavy atom. The molecule has 0 atom stereocenters. The van der Waals surface area contributed by atoms with E-state index >= 15 is 0 Å². The van der Waals surface area contributed by atoms with E-state index in [1.165, 1.54) is 16.4 Å². The van der Waals surface area contributed by atoms with E-state index < -0.39 is 16.0 Å². The van der Waals surface area contributed by atoms with Crippen molar-refractivity contribution in [2.24, 2.45) is 0 Å². The Morgan fingerprint density at radius 2 is 1.83 bits per heavy atom. The predicted molar refractivity (Wildman–Crippen MR) is 89.8 cm³/mol. The fourth-order valence-corrected chi connectivity index (χ4v) is 4.46. The summed E-state index contributed by atoms with van der Waals surface area (Å²) in [6, 6.07) is 13.0. The lowest BCUT2D eigenvalue weighted by Gasteiger charge is -2.21. The molecular formula is C16H18FN3O2S. The van der Waals surface area contributed by atoms with Crippen molar-refractivity contribution in [3.63, 3.8) is 0 Å². The molecule has 122 valence electrons. The molecule has 0 aromatic heterocycles. The number of halogens is 1. The largest absolute Gasteiger partial charge is 0.331 e. The van der Waals surface area contributed by atoms with Crippen LogP contribution in [0.15, 0.2) is 48.5 Å². The summed E-state index contributed by atoms with van der Waals surface area (Å²) in [7, 11) is -2.04. The quantitative estimate of drug-likeness (QED) is 0.855. The molecule has 5 nitrogen and oxygen atoms in total. The van der Waals surface area contributed by atoms with Crippen LogP contribution in [0.2, 0.25) is 0 Å². The highest BCUT2D eigenvalue weighted by molar-refractivity contribution is 7.95. The van der Waals surface area contributed by atoms with Crippen LogP contribution < -0.4 is 13.9 Å². The number of rotatable bonds is 5. The van der Waals surface area contributed by atoms with E-state index in [0.29, 0.717) is 30.9 Å². The number of nitrogens with zero attached hydrogens (tertiary/aromatic N) is 2. The Labute approximate surface area is 135 Å². The number of para-hydroxylation sites is 2. The summed E-state index contributed by atoms with van der Waals surface area (Å²) in [6.07, 6.45) is 0.633. The van der Waals surface area contributed by atoms with Crippen molar-refractivity contribution in [1.29, 1.82) is 0 Å². The lowest BCUT2D eigenvalue weighted by molar-refractivity contribution is 0.590. The first kappa shape index (κ1) is 15.8. The van der Waals surface area contributed by atoms with Crippen molar-refractivity contribution < 1.29 is 12.8 Å². The minimum absolute atomic E-state index is 0.0863. The average Bonchev–Trinajstić information content (AvgIpc) is 2.77. The van der Waals surface area contributed by atoms with Gasteiger partial charge in [0.05, 0.1) is 11.4 Å². The lowest BCUT2D eigenvalue weighted by Crippen LogP contribution is -2.36. The minimum Gasteiger partial charge on any atom is -0.320 e. The van der Waals surface area contributed by atoms with Gasteiger partial charge in [-0.05, 0) is 44.3 Å². The van der Waals surface area contributed by atoms with E-state index in [0.717, 1.165) is 4.31 Å². The van der Waals surface area contributed by atoms with Crippen LogP contribution >= 0.6 is 0 Å². The maximum absolute atomic E-state index is 14.4. The smallest absolute Gasteiger partial charge is 0.320 e. The molecule has 3 rings (SSSR count).